The summed E-state index contributed by atoms with van der Waals surface area (Å²) in [7, 11) is 0. The van der Waals surface area contributed by atoms with E-state index in [0.29, 0.717) is 29.6 Å². The van der Waals surface area contributed by atoms with Crippen molar-refractivity contribution < 1.29 is 29.4 Å². The second kappa shape index (κ2) is 11.2. The van der Waals surface area contributed by atoms with Gasteiger partial charge in [0.25, 0.3) is 5.91 Å². The van der Waals surface area contributed by atoms with Gasteiger partial charge in [-0.1, -0.05) is 17.8 Å². The fourth-order valence-electron chi connectivity index (χ4n) is 3.56. The summed E-state index contributed by atoms with van der Waals surface area (Å²) in [6, 6.07) is 2.92. The van der Waals surface area contributed by atoms with Gasteiger partial charge in [0, 0.05) is 22.9 Å². The number of thioether (sulfide) groups is 2. The molecule has 13 nitrogen and oxygen atoms in total. The van der Waals surface area contributed by atoms with Gasteiger partial charge in [-0.3, -0.25) is 19.3 Å². The average Bonchev–Trinajstić information content (AvgIpc) is 3.50. The molecule has 4 N–H and O–H groups in total. The van der Waals surface area contributed by atoms with Crippen LogP contribution in [-0.4, -0.2) is 95.1 Å². The standard InChI is InChI=1S/C19H21N7O6S3/c27-12(6-11-2-1-5-33-11)21-14-16(30)26-15(18(31)32)10(8-34-17(14)26)9-35-19-22-23-24-25(19)4-3-20-7-13(28)29/h1-2,5,14,17,20H,3-4,6-9H2,(H,21,27)(H,28,29)(H,31,32)/t14?,17-/m1/s1. The SMILES string of the molecule is O=C(O)CNCCn1nnnc1SCC1=C(C(=O)O)N2C(=O)C(NC(=O)Cc3cccs3)[C@H]2SC1. The summed E-state index contributed by atoms with van der Waals surface area (Å²) in [4.78, 5) is 49.9. The summed E-state index contributed by atoms with van der Waals surface area (Å²) in [6.07, 6.45) is 0.170. The van der Waals surface area contributed by atoms with Gasteiger partial charge in [0.15, 0.2) is 0 Å². The largest absolute Gasteiger partial charge is 0.480 e. The molecule has 0 aliphatic carbocycles. The number of rotatable bonds is 12. The number of aliphatic carboxylic acids is 2. The molecule has 1 fully saturated rings. The van der Waals surface area contributed by atoms with Gasteiger partial charge in [0.05, 0.1) is 19.5 Å². The van der Waals surface area contributed by atoms with Crippen molar-refractivity contribution in [3.63, 3.8) is 0 Å². The highest BCUT2D eigenvalue weighted by Gasteiger charge is 2.54. The molecule has 0 bridgehead atoms. The third-order valence-electron chi connectivity index (χ3n) is 5.13. The number of thiophene rings is 1. The Morgan fingerprint density at radius 3 is 2.83 bits per heavy atom. The maximum absolute atomic E-state index is 12.8. The van der Waals surface area contributed by atoms with Gasteiger partial charge in [0.2, 0.25) is 11.1 Å². The summed E-state index contributed by atoms with van der Waals surface area (Å²) in [5, 5.41) is 37.3. The van der Waals surface area contributed by atoms with E-state index < -0.39 is 29.3 Å². The number of tetrazole rings is 1. The minimum Gasteiger partial charge on any atom is -0.480 e. The van der Waals surface area contributed by atoms with E-state index in [0.717, 1.165) is 4.88 Å². The first-order chi connectivity index (χ1) is 16.8. The van der Waals surface area contributed by atoms with Crippen LogP contribution in [0.3, 0.4) is 0 Å². The van der Waals surface area contributed by atoms with Crippen molar-refractivity contribution >= 4 is 58.6 Å². The minimum absolute atomic E-state index is 0.0721. The molecule has 0 aromatic carbocycles. The van der Waals surface area contributed by atoms with Crippen LogP contribution >= 0.6 is 34.9 Å². The zero-order valence-electron chi connectivity index (χ0n) is 18.1. The van der Waals surface area contributed by atoms with E-state index in [1.54, 1.807) is 0 Å². The van der Waals surface area contributed by atoms with E-state index >= 15 is 0 Å². The fraction of sp³-hybridized carbons (Fsp3) is 0.421. The van der Waals surface area contributed by atoms with Crippen LogP contribution in [0, 0.1) is 0 Å². The molecule has 4 rings (SSSR count). The Morgan fingerprint density at radius 1 is 1.29 bits per heavy atom. The summed E-state index contributed by atoms with van der Waals surface area (Å²) < 4.78 is 1.49. The first kappa shape index (κ1) is 25.2. The molecule has 2 aliphatic heterocycles. The molecule has 0 saturated carbocycles. The zero-order valence-corrected chi connectivity index (χ0v) is 20.6. The van der Waals surface area contributed by atoms with Crippen LogP contribution in [0.25, 0.3) is 0 Å². The van der Waals surface area contributed by atoms with Crippen molar-refractivity contribution in [2.45, 2.75) is 29.5 Å². The van der Waals surface area contributed by atoms with Crippen molar-refractivity contribution in [2.24, 2.45) is 0 Å². The van der Waals surface area contributed by atoms with E-state index in [2.05, 4.69) is 26.2 Å². The number of carboxylic acids is 2. The fourth-order valence-corrected chi connectivity index (χ4v) is 6.65. The van der Waals surface area contributed by atoms with E-state index in [9.17, 15) is 24.3 Å². The lowest BCUT2D eigenvalue weighted by atomic mass is 10.0. The minimum atomic E-state index is -1.21. The molecule has 186 valence electrons. The van der Waals surface area contributed by atoms with Crippen molar-refractivity contribution in [1.82, 2.24) is 35.7 Å². The van der Waals surface area contributed by atoms with Gasteiger partial charge in [-0.2, -0.15) is 0 Å². The summed E-state index contributed by atoms with van der Waals surface area (Å²) >= 11 is 4.08. The molecule has 2 aromatic rings. The molecule has 0 spiro atoms. The summed E-state index contributed by atoms with van der Waals surface area (Å²) in [6.45, 7) is 0.492. The number of nitrogens with one attached hydrogen (secondary N) is 2. The smallest absolute Gasteiger partial charge is 0.352 e. The molecule has 2 amide bonds. The van der Waals surface area contributed by atoms with Crippen molar-refractivity contribution in [3.05, 3.63) is 33.7 Å². The third kappa shape index (κ3) is 5.83. The first-order valence-corrected chi connectivity index (χ1v) is 13.3. The number of hydrogen-bond acceptors (Lipinski definition) is 11. The Labute approximate surface area is 211 Å². The molecule has 4 heterocycles. The number of β-lactam (4-membered cyclic amide) rings is 1. The highest BCUT2D eigenvalue weighted by molar-refractivity contribution is 8.01. The van der Waals surface area contributed by atoms with Gasteiger partial charge in [0.1, 0.15) is 17.1 Å². The number of aromatic nitrogens is 4. The number of hydrogen-bond donors (Lipinski definition) is 4. The number of fused-ring (bicyclic) bond motifs is 1. The predicted molar refractivity (Wildman–Crippen MR) is 127 cm³/mol. The Bertz CT molecular complexity index is 1150. The van der Waals surface area contributed by atoms with Crippen molar-refractivity contribution in [2.75, 3.05) is 24.6 Å². The Kier molecular flexibility index (Phi) is 8.04. The van der Waals surface area contributed by atoms with Crippen LogP contribution in [0.5, 0.6) is 0 Å². The lowest BCUT2D eigenvalue weighted by molar-refractivity contribution is -0.150. The van der Waals surface area contributed by atoms with Crippen molar-refractivity contribution in [3.8, 4) is 0 Å². The number of amides is 2. The number of carbonyl (C=O) groups is 4. The van der Waals surface area contributed by atoms with Gasteiger partial charge < -0.3 is 20.8 Å². The molecule has 2 atom stereocenters. The van der Waals surface area contributed by atoms with Crippen LogP contribution in [0.4, 0.5) is 0 Å². The van der Waals surface area contributed by atoms with Gasteiger partial charge in [-0.15, -0.1) is 28.2 Å². The molecular formula is C19H21N7O6S3. The number of carboxylic acid groups (broad SMARTS) is 2. The van der Waals surface area contributed by atoms with Gasteiger partial charge in [-0.05, 0) is 27.4 Å². The molecular weight excluding hydrogens is 518 g/mol. The Morgan fingerprint density at radius 2 is 2.11 bits per heavy atom. The quantitative estimate of drug-likeness (QED) is 0.154. The normalized spacial score (nSPS) is 19.3. The molecule has 1 saturated heterocycles. The van der Waals surface area contributed by atoms with Crippen LogP contribution < -0.4 is 10.6 Å². The monoisotopic (exact) mass is 539 g/mol. The van der Waals surface area contributed by atoms with E-state index in [1.807, 2.05) is 17.5 Å². The van der Waals surface area contributed by atoms with E-state index in [1.165, 1.54) is 44.4 Å². The second-order valence-corrected chi connectivity index (χ2v) is 10.6. The zero-order chi connectivity index (χ0) is 24.9. The molecule has 0 radical (unpaired) electrons. The van der Waals surface area contributed by atoms with Crippen LogP contribution in [-0.2, 0) is 32.1 Å². The van der Waals surface area contributed by atoms with E-state index in [-0.39, 0.29) is 30.3 Å². The molecule has 16 heteroatoms. The van der Waals surface area contributed by atoms with Crippen LogP contribution in [0.1, 0.15) is 4.88 Å². The first-order valence-electron chi connectivity index (χ1n) is 10.4. The van der Waals surface area contributed by atoms with Gasteiger partial charge in [-0.25, -0.2) is 9.48 Å². The average molecular weight is 540 g/mol. The van der Waals surface area contributed by atoms with Crippen LogP contribution in [0.15, 0.2) is 33.9 Å². The lowest BCUT2D eigenvalue weighted by Crippen LogP contribution is -2.70. The lowest BCUT2D eigenvalue weighted by Gasteiger charge is -2.49. The highest BCUT2D eigenvalue weighted by atomic mass is 32.2. The van der Waals surface area contributed by atoms with Gasteiger partial charge >= 0.3 is 11.9 Å². The van der Waals surface area contributed by atoms with E-state index in [4.69, 9.17) is 5.11 Å². The molecule has 1 unspecified atom stereocenters. The second-order valence-electron chi connectivity index (χ2n) is 7.51. The molecule has 2 aliphatic rings. The third-order valence-corrected chi connectivity index (χ3v) is 8.39. The Balaban J connectivity index is 1.37. The molecule has 2 aromatic heterocycles. The van der Waals surface area contributed by atoms with Crippen LogP contribution in [0.2, 0.25) is 0 Å². The summed E-state index contributed by atoms with van der Waals surface area (Å²) in [5.74, 6) is -2.28. The Hall–Kier alpha value is -2.95. The maximum atomic E-state index is 12.8. The number of carbonyl (C=O) groups excluding carboxylic acids is 2. The summed E-state index contributed by atoms with van der Waals surface area (Å²) in [5.41, 5.74) is 0.483. The maximum Gasteiger partial charge on any atom is 0.352 e. The topological polar surface area (TPSA) is 180 Å². The highest BCUT2D eigenvalue weighted by Crippen LogP contribution is 2.41. The number of nitrogens with zero attached hydrogens (tertiary/aromatic N) is 5. The molecule has 35 heavy (non-hydrogen) atoms. The predicted octanol–water partition coefficient (Wildman–Crippen LogP) is -0.518. The van der Waals surface area contributed by atoms with Crippen molar-refractivity contribution in [1.29, 1.82) is 0 Å².